The van der Waals surface area contributed by atoms with Crippen molar-refractivity contribution in [3.63, 3.8) is 0 Å². The van der Waals surface area contributed by atoms with Crippen LogP contribution in [0.2, 0.25) is 5.02 Å². The normalized spacial score (nSPS) is 12.4. The molecule has 7 nitrogen and oxygen atoms in total. The summed E-state index contributed by atoms with van der Waals surface area (Å²) >= 11 is 7.24. The minimum absolute atomic E-state index is 0.0906. The lowest BCUT2D eigenvalue weighted by Crippen LogP contribution is -2.29. The number of nitrogens with zero attached hydrogens (tertiary/aromatic N) is 4. The SMILES string of the molecule is CCC(NC(=O)CSc1nnc2n(C)c(=O)c3ccccc3n12)c1ccc(Cl)cc1. The first-order chi connectivity index (χ1) is 14.5. The summed E-state index contributed by atoms with van der Waals surface area (Å²) in [6, 6.07) is 14.7. The van der Waals surface area contributed by atoms with Gasteiger partial charge in [0.1, 0.15) is 0 Å². The number of para-hydroxylation sites is 1. The van der Waals surface area contributed by atoms with Gasteiger partial charge in [0.2, 0.25) is 11.7 Å². The van der Waals surface area contributed by atoms with Crippen LogP contribution in [0.1, 0.15) is 24.9 Å². The van der Waals surface area contributed by atoms with E-state index in [9.17, 15) is 9.59 Å². The zero-order valence-corrected chi connectivity index (χ0v) is 18.1. The number of thioether (sulfide) groups is 1. The van der Waals surface area contributed by atoms with E-state index < -0.39 is 0 Å². The lowest BCUT2D eigenvalue weighted by molar-refractivity contribution is -0.119. The average Bonchev–Trinajstić information content (AvgIpc) is 3.19. The van der Waals surface area contributed by atoms with Crippen LogP contribution >= 0.6 is 23.4 Å². The Morgan fingerprint density at radius 3 is 2.63 bits per heavy atom. The smallest absolute Gasteiger partial charge is 0.262 e. The molecule has 0 aliphatic carbocycles. The van der Waals surface area contributed by atoms with Crippen molar-refractivity contribution < 1.29 is 4.79 Å². The average molecular weight is 442 g/mol. The monoisotopic (exact) mass is 441 g/mol. The molecule has 0 aliphatic heterocycles. The van der Waals surface area contributed by atoms with Gasteiger partial charge in [0, 0.05) is 12.1 Å². The number of nitrogens with one attached hydrogen (secondary N) is 1. The predicted molar refractivity (Wildman–Crippen MR) is 119 cm³/mol. The first-order valence-corrected chi connectivity index (χ1v) is 10.9. The molecule has 1 unspecified atom stereocenters. The van der Waals surface area contributed by atoms with Gasteiger partial charge in [-0.25, -0.2) is 0 Å². The third-order valence-electron chi connectivity index (χ3n) is 4.94. The Morgan fingerprint density at radius 2 is 1.90 bits per heavy atom. The van der Waals surface area contributed by atoms with Crippen LogP contribution in [0, 0.1) is 0 Å². The van der Waals surface area contributed by atoms with E-state index in [4.69, 9.17) is 11.6 Å². The van der Waals surface area contributed by atoms with Crippen molar-refractivity contribution >= 4 is 46.0 Å². The minimum atomic E-state index is -0.131. The maximum atomic E-state index is 12.6. The standard InChI is InChI=1S/C21H20ClN5O2S/c1-3-16(13-8-10-14(22)11-9-13)23-18(28)12-30-21-25-24-20-26(2)19(29)15-6-4-5-7-17(15)27(20)21/h4-11,16H,3,12H2,1-2H3,(H,23,28). The Morgan fingerprint density at radius 1 is 1.17 bits per heavy atom. The Kier molecular flexibility index (Phi) is 5.78. The summed E-state index contributed by atoms with van der Waals surface area (Å²) in [6.07, 6.45) is 0.763. The number of rotatable bonds is 6. The van der Waals surface area contributed by atoms with Crippen molar-refractivity contribution in [2.75, 3.05) is 5.75 Å². The van der Waals surface area contributed by atoms with Crippen LogP contribution in [0.15, 0.2) is 58.5 Å². The number of amides is 1. The van der Waals surface area contributed by atoms with Crippen LogP contribution in [0.4, 0.5) is 0 Å². The number of halogens is 1. The molecule has 30 heavy (non-hydrogen) atoms. The highest BCUT2D eigenvalue weighted by Gasteiger charge is 2.17. The van der Waals surface area contributed by atoms with Crippen molar-refractivity contribution in [3.8, 4) is 0 Å². The summed E-state index contributed by atoms with van der Waals surface area (Å²) in [7, 11) is 1.66. The second-order valence-electron chi connectivity index (χ2n) is 6.87. The molecule has 0 saturated carbocycles. The van der Waals surface area contributed by atoms with Gasteiger partial charge in [-0.05, 0) is 36.2 Å². The van der Waals surface area contributed by atoms with E-state index >= 15 is 0 Å². The van der Waals surface area contributed by atoms with Crippen molar-refractivity contribution in [2.24, 2.45) is 7.05 Å². The molecule has 2 aromatic heterocycles. The molecule has 0 aliphatic rings. The van der Waals surface area contributed by atoms with E-state index in [-0.39, 0.29) is 23.3 Å². The summed E-state index contributed by atoms with van der Waals surface area (Å²) in [6.45, 7) is 2.02. The zero-order chi connectivity index (χ0) is 21.3. The summed E-state index contributed by atoms with van der Waals surface area (Å²) in [4.78, 5) is 25.1. The van der Waals surface area contributed by atoms with Gasteiger partial charge < -0.3 is 5.32 Å². The number of hydrogen-bond acceptors (Lipinski definition) is 5. The van der Waals surface area contributed by atoms with Gasteiger partial charge in [0.25, 0.3) is 5.56 Å². The molecule has 0 radical (unpaired) electrons. The number of fused-ring (bicyclic) bond motifs is 3. The third-order valence-corrected chi connectivity index (χ3v) is 6.13. The van der Waals surface area contributed by atoms with Crippen LogP contribution in [0.25, 0.3) is 16.7 Å². The zero-order valence-electron chi connectivity index (χ0n) is 16.5. The molecule has 0 saturated heterocycles. The summed E-state index contributed by atoms with van der Waals surface area (Å²) in [5, 5.41) is 13.2. The number of aryl methyl sites for hydroxylation is 1. The minimum Gasteiger partial charge on any atom is -0.349 e. The quantitative estimate of drug-likeness (QED) is 0.462. The largest absolute Gasteiger partial charge is 0.349 e. The predicted octanol–water partition coefficient (Wildman–Crippen LogP) is 3.59. The van der Waals surface area contributed by atoms with Crippen molar-refractivity contribution in [1.29, 1.82) is 0 Å². The molecule has 0 fully saturated rings. The fourth-order valence-corrected chi connectivity index (χ4v) is 4.26. The molecule has 1 atom stereocenters. The Labute approximate surface area is 182 Å². The molecule has 9 heteroatoms. The molecule has 154 valence electrons. The van der Waals surface area contributed by atoms with Crippen molar-refractivity contribution in [3.05, 3.63) is 69.5 Å². The van der Waals surface area contributed by atoms with E-state index in [0.29, 0.717) is 21.3 Å². The fraction of sp³-hybridized carbons (Fsp3) is 0.238. The lowest BCUT2D eigenvalue weighted by atomic mass is 10.0. The van der Waals surface area contributed by atoms with Crippen LogP contribution in [0.5, 0.6) is 0 Å². The van der Waals surface area contributed by atoms with E-state index in [1.54, 1.807) is 13.1 Å². The highest BCUT2D eigenvalue weighted by atomic mass is 35.5. The van der Waals surface area contributed by atoms with E-state index in [0.717, 1.165) is 17.5 Å². The van der Waals surface area contributed by atoms with E-state index in [1.165, 1.54) is 16.3 Å². The van der Waals surface area contributed by atoms with Gasteiger partial charge in [-0.2, -0.15) is 0 Å². The molecule has 0 bridgehead atoms. The topological polar surface area (TPSA) is 81.3 Å². The highest BCUT2D eigenvalue weighted by molar-refractivity contribution is 7.99. The van der Waals surface area contributed by atoms with Crippen molar-refractivity contribution in [1.82, 2.24) is 24.5 Å². The first kappa shape index (κ1) is 20.4. The number of aromatic nitrogens is 4. The van der Waals surface area contributed by atoms with Gasteiger partial charge in [-0.15, -0.1) is 10.2 Å². The molecule has 0 spiro atoms. The Bertz CT molecular complexity index is 1280. The first-order valence-electron chi connectivity index (χ1n) is 9.50. The second-order valence-corrected chi connectivity index (χ2v) is 8.25. The van der Waals surface area contributed by atoms with E-state index in [1.807, 2.05) is 53.8 Å². The van der Waals surface area contributed by atoms with Gasteiger partial charge in [-0.1, -0.05) is 54.6 Å². The maximum absolute atomic E-state index is 12.6. The van der Waals surface area contributed by atoms with E-state index in [2.05, 4.69) is 15.5 Å². The number of benzene rings is 2. The molecule has 2 aromatic carbocycles. The van der Waals surface area contributed by atoms with Crippen molar-refractivity contribution in [2.45, 2.75) is 24.5 Å². The van der Waals surface area contributed by atoms with Crippen LogP contribution in [-0.2, 0) is 11.8 Å². The van der Waals surface area contributed by atoms with Crippen LogP contribution in [-0.4, -0.2) is 30.8 Å². The summed E-state index contributed by atoms with van der Waals surface area (Å²) < 4.78 is 3.28. The molecule has 4 rings (SSSR count). The molecular formula is C21H20ClN5O2S. The fourth-order valence-electron chi connectivity index (χ4n) is 3.39. The molecular weight excluding hydrogens is 422 g/mol. The second kappa shape index (κ2) is 8.49. The maximum Gasteiger partial charge on any atom is 0.262 e. The summed E-state index contributed by atoms with van der Waals surface area (Å²) in [5.41, 5.74) is 1.60. The highest BCUT2D eigenvalue weighted by Crippen LogP contribution is 2.22. The molecule has 4 aromatic rings. The van der Waals surface area contributed by atoms with Gasteiger partial charge >= 0.3 is 0 Å². The lowest BCUT2D eigenvalue weighted by Gasteiger charge is -2.17. The molecule has 2 heterocycles. The van der Waals surface area contributed by atoms with Crippen LogP contribution < -0.4 is 10.9 Å². The van der Waals surface area contributed by atoms with Gasteiger partial charge in [0.05, 0.1) is 22.7 Å². The number of hydrogen-bond donors (Lipinski definition) is 1. The van der Waals surface area contributed by atoms with Crippen LogP contribution in [0.3, 0.4) is 0 Å². The Balaban J connectivity index is 1.56. The molecule has 1 amide bonds. The third kappa shape index (κ3) is 3.80. The molecule has 1 N–H and O–H groups in total. The number of carbonyl (C=O) groups is 1. The summed E-state index contributed by atoms with van der Waals surface area (Å²) in [5.74, 6) is 0.518. The van der Waals surface area contributed by atoms with Gasteiger partial charge in [-0.3, -0.25) is 18.6 Å². The Hall–Kier alpha value is -2.84. The van der Waals surface area contributed by atoms with Gasteiger partial charge in [0.15, 0.2) is 5.16 Å². The number of carbonyl (C=O) groups excluding carboxylic acids is 1.